The number of rotatable bonds is 7. The standard InChI is InChI=1S/C13H18FN3O3/c1-20-8-10-4-9(2-3-11(10)14)6-16-13(19)7-17-12(18)5-15/h2-4H,5-8,15H2,1H3,(H,16,19)(H,17,18). The van der Waals surface area contributed by atoms with Crippen molar-refractivity contribution < 1.29 is 18.7 Å². The largest absolute Gasteiger partial charge is 0.380 e. The van der Waals surface area contributed by atoms with Crippen molar-refractivity contribution in [2.24, 2.45) is 5.73 Å². The molecule has 1 rings (SSSR count). The number of hydrogen-bond acceptors (Lipinski definition) is 4. The molecule has 0 aliphatic carbocycles. The summed E-state index contributed by atoms with van der Waals surface area (Å²) in [5.74, 6) is -1.09. The molecule has 1 aromatic rings. The predicted octanol–water partition coefficient (Wildman–Crippen LogP) is -0.337. The zero-order chi connectivity index (χ0) is 15.0. The van der Waals surface area contributed by atoms with E-state index in [1.54, 1.807) is 12.1 Å². The summed E-state index contributed by atoms with van der Waals surface area (Å²) in [5, 5.41) is 4.96. The molecular weight excluding hydrogens is 265 g/mol. The van der Waals surface area contributed by atoms with Crippen LogP contribution >= 0.6 is 0 Å². The first kappa shape index (κ1) is 16.1. The van der Waals surface area contributed by atoms with Crippen LogP contribution in [-0.2, 0) is 27.5 Å². The molecular formula is C13H18FN3O3. The third kappa shape index (κ3) is 5.33. The fourth-order valence-corrected chi connectivity index (χ4v) is 1.52. The van der Waals surface area contributed by atoms with Crippen molar-refractivity contribution in [1.29, 1.82) is 0 Å². The van der Waals surface area contributed by atoms with Gasteiger partial charge in [-0.2, -0.15) is 0 Å². The summed E-state index contributed by atoms with van der Waals surface area (Å²) >= 11 is 0. The van der Waals surface area contributed by atoms with E-state index >= 15 is 0 Å². The van der Waals surface area contributed by atoms with Crippen LogP contribution in [0, 0.1) is 5.82 Å². The van der Waals surface area contributed by atoms with Crippen LogP contribution in [0.5, 0.6) is 0 Å². The van der Waals surface area contributed by atoms with Gasteiger partial charge in [0.15, 0.2) is 0 Å². The van der Waals surface area contributed by atoms with Gasteiger partial charge in [0, 0.05) is 19.2 Å². The average molecular weight is 283 g/mol. The number of ether oxygens (including phenoxy) is 1. The number of carbonyl (C=O) groups excluding carboxylic acids is 2. The smallest absolute Gasteiger partial charge is 0.239 e. The zero-order valence-corrected chi connectivity index (χ0v) is 11.2. The van der Waals surface area contributed by atoms with Gasteiger partial charge in [0.05, 0.1) is 19.7 Å². The fourth-order valence-electron chi connectivity index (χ4n) is 1.52. The SMILES string of the molecule is COCc1cc(CNC(=O)CNC(=O)CN)ccc1F. The van der Waals surface area contributed by atoms with Gasteiger partial charge in [0.2, 0.25) is 11.8 Å². The van der Waals surface area contributed by atoms with Gasteiger partial charge in [0.1, 0.15) is 5.82 Å². The van der Waals surface area contributed by atoms with Gasteiger partial charge in [-0.15, -0.1) is 0 Å². The van der Waals surface area contributed by atoms with Crippen LogP contribution in [0.2, 0.25) is 0 Å². The number of carbonyl (C=O) groups is 2. The van der Waals surface area contributed by atoms with Crippen LogP contribution in [0.4, 0.5) is 4.39 Å². The van der Waals surface area contributed by atoms with Crippen LogP contribution in [0.15, 0.2) is 18.2 Å². The lowest BCUT2D eigenvalue weighted by Crippen LogP contribution is -2.39. The number of amides is 2. The highest BCUT2D eigenvalue weighted by Crippen LogP contribution is 2.11. The van der Waals surface area contributed by atoms with Gasteiger partial charge >= 0.3 is 0 Å². The number of methoxy groups -OCH3 is 1. The molecule has 0 aliphatic heterocycles. The monoisotopic (exact) mass is 283 g/mol. The molecule has 0 aromatic heterocycles. The van der Waals surface area contributed by atoms with Crippen molar-refractivity contribution in [1.82, 2.24) is 10.6 Å². The zero-order valence-electron chi connectivity index (χ0n) is 11.2. The first-order valence-electron chi connectivity index (χ1n) is 6.06. The van der Waals surface area contributed by atoms with Crippen LogP contribution in [-0.4, -0.2) is 32.0 Å². The first-order chi connectivity index (χ1) is 9.56. The molecule has 0 heterocycles. The Hall–Kier alpha value is -1.99. The minimum Gasteiger partial charge on any atom is -0.380 e. The molecule has 2 amide bonds. The highest BCUT2D eigenvalue weighted by molar-refractivity contribution is 5.85. The lowest BCUT2D eigenvalue weighted by Gasteiger charge is -2.08. The Morgan fingerprint density at radius 1 is 1.30 bits per heavy atom. The molecule has 0 bridgehead atoms. The number of nitrogens with two attached hydrogens (primary N) is 1. The molecule has 20 heavy (non-hydrogen) atoms. The Kier molecular flexibility index (Phi) is 6.61. The first-order valence-corrected chi connectivity index (χ1v) is 6.06. The minimum absolute atomic E-state index is 0.137. The van der Waals surface area contributed by atoms with Crippen molar-refractivity contribution >= 4 is 11.8 Å². The highest BCUT2D eigenvalue weighted by Gasteiger charge is 2.06. The normalized spacial score (nSPS) is 10.2. The van der Waals surface area contributed by atoms with Crippen molar-refractivity contribution in [3.8, 4) is 0 Å². The van der Waals surface area contributed by atoms with Crippen LogP contribution in [0.25, 0.3) is 0 Å². The van der Waals surface area contributed by atoms with Gasteiger partial charge in [-0.05, 0) is 17.7 Å². The highest BCUT2D eigenvalue weighted by atomic mass is 19.1. The van der Waals surface area contributed by atoms with Crippen molar-refractivity contribution in [2.75, 3.05) is 20.2 Å². The van der Waals surface area contributed by atoms with E-state index in [9.17, 15) is 14.0 Å². The number of benzene rings is 1. The Balaban J connectivity index is 2.47. The summed E-state index contributed by atoms with van der Waals surface area (Å²) in [6, 6.07) is 4.52. The molecule has 7 heteroatoms. The van der Waals surface area contributed by atoms with E-state index in [2.05, 4.69) is 10.6 Å². The van der Waals surface area contributed by atoms with E-state index < -0.39 is 5.91 Å². The molecule has 0 radical (unpaired) electrons. The van der Waals surface area contributed by atoms with Crippen LogP contribution < -0.4 is 16.4 Å². The lowest BCUT2D eigenvalue weighted by atomic mass is 10.1. The Morgan fingerprint density at radius 3 is 2.70 bits per heavy atom. The summed E-state index contributed by atoms with van der Waals surface area (Å²) in [7, 11) is 1.48. The van der Waals surface area contributed by atoms with E-state index in [4.69, 9.17) is 10.5 Å². The van der Waals surface area contributed by atoms with Crippen LogP contribution in [0.3, 0.4) is 0 Å². The summed E-state index contributed by atoms with van der Waals surface area (Å²) in [4.78, 5) is 22.3. The molecule has 4 N–H and O–H groups in total. The lowest BCUT2D eigenvalue weighted by molar-refractivity contribution is -0.125. The maximum absolute atomic E-state index is 13.4. The molecule has 0 aliphatic rings. The maximum Gasteiger partial charge on any atom is 0.239 e. The third-order valence-electron chi connectivity index (χ3n) is 2.53. The molecule has 0 unspecified atom stereocenters. The molecule has 0 fully saturated rings. The predicted molar refractivity (Wildman–Crippen MR) is 71.0 cm³/mol. The van der Waals surface area contributed by atoms with Crippen molar-refractivity contribution in [3.63, 3.8) is 0 Å². The number of hydrogen-bond donors (Lipinski definition) is 3. The topological polar surface area (TPSA) is 93.5 Å². The molecule has 1 aromatic carbocycles. The van der Waals surface area contributed by atoms with Gasteiger partial charge in [-0.25, -0.2) is 4.39 Å². The Labute approximate surface area is 116 Å². The Morgan fingerprint density at radius 2 is 2.05 bits per heavy atom. The molecule has 0 spiro atoms. The van der Waals surface area contributed by atoms with Crippen LogP contribution in [0.1, 0.15) is 11.1 Å². The second-order valence-corrected chi connectivity index (χ2v) is 4.12. The second kappa shape index (κ2) is 8.23. The maximum atomic E-state index is 13.4. The molecule has 0 saturated carbocycles. The van der Waals surface area contributed by atoms with Gasteiger partial charge in [0.25, 0.3) is 0 Å². The second-order valence-electron chi connectivity index (χ2n) is 4.12. The molecule has 110 valence electrons. The fraction of sp³-hybridized carbons (Fsp3) is 0.385. The molecule has 6 nitrogen and oxygen atoms in total. The van der Waals surface area contributed by atoms with E-state index in [-0.39, 0.29) is 38.0 Å². The van der Waals surface area contributed by atoms with Gasteiger partial charge in [-0.3, -0.25) is 9.59 Å². The van der Waals surface area contributed by atoms with E-state index in [1.807, 2.05) is 0 Å². The number of halogens is 1. The third-order valence-corrected chi connectivity index (χ3v) is 2.53. The van der Waals surface area contributed by atoms with E-state index in [1.165, 1.54) is 13.2 Å². The van der Waals surface area contributed by atoms with Gasteiger partial charge < -0.3 is 21.1 Å². The molecule has 0 saturated heterocycles. The number of nitrogens with one attached hydrogen (secondary N) is 2. The van der Waals surface area contributed by atoms with E-state index in [0.717, 1.165) is 5.56 Å². The summed E-state index contributed by atoms with van der Waals surface area (Å²) in [6.45, 7) is 0.113. The van der Waals surface area contributed by atoms with E-state index in [0.29, 0.717) is 5.56 Å². The van der Waals surface area contributed by atoms with Gasteiger partial charge in [-0.1, -0.05) is 6.07 Å². The molecule has 0 atom stereocenters. The minimum atomic E-state index is -0.399. The average Bonchev–Trinajstić information content (AvgIpc) is 2.45. The van der Waals surface area contributed by atoms with Crippen molar-refractivity contribution in [3.05, 3.63) is 35.1 Å². The van der Waals surface area contributed by atoms with Crippen molar-refractivity contribution in [2.45, 2.75) is 13.2 Å². The summed E-state index contributed by atoms with van der Waals surface area (Å²) in [6.07, 6.45) is 0. The summed E-state index contributed by atoms with van der Waals surface area (Å²) < 4.78 is 18.3. The quantitative estimate of drug-likeness (QED) is 0.638. The summed E-state index contributed by atoms with van der Waals surface area (Å²) in [5.41, 5.74) is 6.27. The Bertz CT molecular complexity index is 480.